The van der Waals surface area contributed by atoms with E-state index in [1.165, 1.54) is 0 Å². The molecule has 2 fully saturated rings. The molecule has 198 valence electrons. The summed E-state index contributed by atoms with van der Waals surface area (Å²) in [6.45, 7) is 4.06. The number of nitrogens with one attached hydrogen (secondary N) is 1. The summed E-state index contributed by atoms with van der Waals surface area (Å²) >= 11 is 6.20. The molecule has 2 atom stereocenters. The lowest BCUT2D eigenvalue weighted by atomic mass is 10.0. The average Bonchev–Trinajstić information content (AvgIpc) is 3.69. The molecular weight excluding hydrogens is 500 g/mol. The molecule has 4 aromatic rings. The van der Waals surface area contributed by atoms with Crippen LogP contribution in [0.2, 0.25) is 5.02 Å². The third-order valence-corrected chi connectivity index (χ3v) is 8.14. The average molecular weight is 533 g/mol. The lowest BCUT2D eigenvalue weighted by Gasteiger charge is -2.33. The number of hydrogen-bond acceptors (Lipinski definition) is 6. The third kappa shape index (κ3) is 5.25. The normalized spacial score (nSPS) is 19.1. The highest BCUT2D eigenvalue weighted by Gasteiger charge is 2.35. The molecule has 0 spiro atoms. The Morgan fingerprint density at radius 2 is 1.92 bits per heavy atom. The zero-order chi connectivity index (χ0) is 26.1. The van der Waals surface area contributed by atoms with Gasteiger partial charge < -0.3 is 9.72 Å². The second kappa shape index (κ2) is 11.0. The van der Waals surface area contributed by atoms with E-state index in [-0.39, 0.29) is 17.7 Å². The predicted molar refractivity (Wildman–Crippen MR) is 147 cm³/mol. The summed E-state index contributed by atoms with van der Waals surface area (Å²) in [5.74, 6) is 0.709. The third-order valence-electron chi connectivity index (χ3n) is 7.88. The zero-order valence-electron chi connectivity index (χ0n) is 21.6. The smallest absolute Gasteiger partial charge is 0.253 e. The molecule has 1 N–H and O–H groups in total. The van der Waals surface area contributed by atoms with E-state index in [2.05, 4.69) is 37.5 Å². The zero-order valence-corrected chi connectivity index (χ0v) is 22.4. The first-order valence-corrected chi connectivity index (χ1v) is 13.9. The number of rotatable bonds is 8. The van der Waals surface area contributed by atoms with Gasteiger partial charge in [0, 0.05) is 35.8 Å². The number of pyridine rings is 1. The largest absolute Gasteiger partial charge is 0.377 e. The van der Waals surface area contributed by atoms with Crippen LogP contribution in [-0.4, -0.2) is 49.3 Å². The Bertz CT molecular complexity index is 1450. The molecule has 38 heavy (non-hydrogen) atoms. The molecule has 6 rings (SSSR count). The minimum atomic E-state index is -0.445. The van der Waals surface area contributed by atoms with Gasteiger partial charge in [-0.3, -0.25) is 9.69 Å². The van der Waals surface area contributed by atoms with E-state index in [0.29, 0.717) is 29.5 Å². The number of hydrogen-bond donors (Lipinski definition) is 1. The van der Waals surface area contributed by atoms with Crippen molar-refractivity contribution in [2.75, 3.05) is 13.2 Å². The van der Waals surface area contributed by atoms with Crippen LogP contribution in [0.1, 0.15) is 73.1 Å². The molecule has 2 aromatic carbocycles. The van der Waals surface area contributed by atoms with E-state index < -0.39 is 6.04 Å². The van der Waals surface area contributed by atoms with Gasteiger partial charge in [-0.25, -0.2) is 4.68 Å². The van der Waals surface area contributed by atoms with Gasteiger partial charge in [-0.2, -0.15) is 0 Å². The Kier molecular flexibility index (Phi) is 7.28. The monoisotopic (exact) mass is 532 g/mol. The van der Waals surface area contributed by atoms with Crippen molar-refractivity contribution in [1.29, 1.82) is 0 Å². The molecule has 1 saturated carbocycles. The van der Waals surface area contributed by atoms with Gasteiger partial charge in [-0.05, 0) is 83.8 Å². The molecule has 0 bridgehead atoms. The number of nitrogens with zero attached hydrogens (tertiary/aromatic N) is 5. The highest BCUT2D eigenvalue weighted by atomic mass is 35.5. The molecule has 3 heterocycles. The summed E-state index contributed by atoms with van der Waals surface area (Å²) in [5, 5.41) is 14.8. The molecular formula is C29H33ClN6O2. The molecule has 0 amide bonds. The van der Waals surface area contributed by atoms with Crippen LogP contribution >= 0.6 is 11.6 Å². The van der Waals surface area contributed by atoms with Crippen LogP contribution in [0.25, 0.3) is 10.9 Å². The second-order valence-electron chi connectivity index (χ2n) is 10.7. The number of ether oxygens (including phenoxy) is 1. The summed E-state index contributed by atoms with van der Waals surface area (Å²) in [4.78, 5) is 19.2. The Morgan fingerprint density at radius 1 is 1.11 bits per heavy atom. The summed E-state index contributed by atoms with van der Waals surface area (Å²) in [7, 11) is 0. The maximum absolute atomic E-state index is 13.7. The summed E-state index contributed by atoms with van der Waals surface area (Å²) in [5.41, 5.74) is 3.55. The first-order chi connectivity index (χ1) is 18.5. The highest BCUT2D eigenvalue weighted by molar-refractivity contribution is 6.30. The number of halogens is 1. The van der Waals surface area contributed by atoms with Gasteiger partial charge in [0.1, 0.15) is 6.04 Å². The maximum Gasteiger partial charge on any atom is 0.253 e. The van der Waals surface area contributed by atoms with Gasteiger partial charge in [0.2, 0.25) is 0 Å². The summed E-state index contributed by atoms with van der Waals surface area (Å²) in [6.07, 6.45) is 6.53. The van der Waals surface area contributed by atoms with Crippen LogP contribution in [0.15, 0.2) is 53.3 Å². The van der Waals surface area contributed by atoms with Crippen molar-refractivity contribution in [3.8, 4) is 0 Å². The quantitative estimate of drug-likeness (QED) is 0.328. The van der Waals surface area contributed by atoms with Crippen molar-refractivity contribution in [2.24, 2.45) is 0 Å². The van der Waals surface area contributed by atoms with Gasteiger partial charge in [0.25, 0.3) is 5.56 Å². The first-order valence-electron chi connectivity index (χ1n) is 13.6. The Labute approximate surface area is 227 Å². The summed E-state index contributed by atoms with van der Waals surface area (Å²) in [6, 6.07) is 15.8. The van der Waals surface area contributed by atoms with Crippen molar-refractivity contribution < 1.29 is 4.74 Å². The van der Waals surface area contributed by atoms with Crippen molar-refractivity contribution in [1.82, 2.24) is 30.1 Å². The van der Waals surface area contributed by atoms with E-state index in [1.807, 2.05) is 48.0 Å². The Hall–Kier alpha value is -3.07. The SMILES string of the molecule is Cc1ccc2cc([C@@H](c3nnnn3C3CCCC3)N(Cc3ccc(Cl)cc3)C[C@@H]3CCCO3)c(=O)[nH]c2c1. The van der Waals surface area contributed by atoms with Crippen molar-refractivity contribution >= 4 is 22.5 Å². The van der Waals surface area contributed by atoms with Gasteiger partial charge in [-0.15, -0.1) is 5.10 Å². The van der Waals surface area contributed by atoms with Crippen LogP contribution in [-0.2, 0) is 11.3 Å². The molecule has 9 heteroatoms. The van der Waals surface area contributed by atoms with Crippen molar-refractivity contribution in [3.63, 3.8) is 0 Å². The number of tetrazole rings is 1. The van der Waals surface area contributed by atoms with E-state index >= 15 is 0 Å². The lowest BCUT2D eigenvalue weighted by molar-refractivity contribution is 0.0569. The number of aryl methyl sites for hydroxylation is 1. The van der Waals surface area contributed by atoms with E-state index in [0.717, 1.165) is 67.2 Å². The number of H-pyrrole nitrogens is 1. The van der Waals surface area contributed by atoms with Crippen LogP contribution in [0.3, 0.4) is 0 Å². The molecule has 0 unspecified atom stereocenters. The maximum atomic E-state index is 13.7. The lowest BCUT2D eigenvalue weighted by Crippen LogP contribution is -2.39. The highest BCUT2D eigenvalue weighted by Crippen LogP contribution is 2.35. The Balaban J connectivity index is 1.50. The number of aromatic amines is 1. The molecule has 2 aromatic heterocycles. The van der Waals surface area contributed by atoms with Gasteiger partial charge >= 0.3 is 0 Å². The van der Waals surface area contributed by atoms with Crippen LogP contribution < -0.4 is 5.56 Å². The van der Waals surface area contributed by atoms with Crippen LogP contribution in [0, 0.1) is 6.92 Å². The van der Waals surface area contributed by atoms with Crippen molar-refractivity contribution in [2.45, 2.75) is 70.2 Å². The van der Waals surface area contributed by atoms with E-state index in [4.69, 9.17) is 16.3 Å². The Morgan fingerprint density at radius 3 is 2.68 bits per heavy atom. The number of benzene rings is 2. The topological polar surface area (TPSA) is 88.9 Å². The van der Waals surface area contributed by atoms with Crippen LogP contribution in [0.5, 0.6) is 0 Å². The molecule has 2 aliphatic rings. The van der Waals surface area contributed by atoms with Crippen LogP contribution in [0.4, 0.5) is 0 Å². The number of fused-ring (bicyclic) bond motifs is 1. The fraction of sp³-hybridized carbons (Fsp3) is 0.448. The summed E-state index contributed by atoms with van der Waals surface area (Å²) < 4.78 is 8.05. The number of aromatic nitrogens is 5. The van der Waals surface area contributed by atoms with Gasteiger partial charge in [-0.1, -0.05) is 48.7 Å². The second-order valence-corrected chi connectivity index (χ2v) is 11.1. The first kappa shape index (κ1) is 25.2. The molecule has 1 saturated heterocycles. The predicted octanol–water partition coefficient (Wildman–Crippen LogP) is 5.36. The molecule has 1 aliphatic heterocycles. The van der Waals surface area contributed by atoms with Crippen molar-refractivity contribution in [3.05, 3.63) is 86.4 Å². The standard InChI is InChI=1S/C29H33ClN6O2/c1-19-8-11-21-16-25(29(37)31-26(21)15-19)27(28-32-33-34-36(28)23-5-2-3-6-23)35(18-24-7-4-14-38-24)17-20-9-12-22(30)13-10-20/h8-13,15-16,23-24,27H,2-7,14,17-18H2,1H3,(H,31,37)/t24-,27-/m0/s1. The molecule has 1 aliphatic carbocycles. The van der Waals surface area contributed by atoms with E-state index in [1.54, 1.807) is 0 Å². The molecule has 0 radical (unpaired) electrons. The minimum Gasteiger partial charge on any atom is -0.377 e. The van der Waals surface area contributed by atoms with E-state index in [9.17, 15) is 4.79 Å². The molecule has 8 nitrogen and oxygen atoms in total. The minimum absolute atomic E-state index is 0.0859. The fourth-order valence-electron chi connectivity index (χ4n) is 5.96. The van der Waals surface area contributed by atoms with Gasteiger partial charge in [0.15, 0.2) is 5.82 Å². The fourth-order valence-corrected chi connectivity index (χ4v) is 6.08. The van der Waals surface area contributed by atoms with Gasteiger partial charge in [0.05, 0.1) is 12.1 Å².